The lowest BCUT2D eigenvalue weighted by Gasteiger charge is -2.12. The van der Waals surface area contributed by atoms with Gasteiger partial charge in [-0.15, -0.1) is 51.0 Å². The van der Waals surface area contributed by atoms with Gasteiger partial charge in [0.2, 0.25) is 0 Å². The number of rotatable bonds is 8. The molecule has 0 fully saturated rings. The molecule has 3 aromatic heterocycles. The van der Waals surface area contributed by atoms with Gasteiger partial charge in [-0.05, 0) is 12.1 Å². The average Bonchev–Trinajstić information content (AvgIpc) is 3.30. The minimum absolute atomic E-state index is 0. The molecule has 0 saturated carbocycles. The summed E-state index contributed by atoms with van der Waals surface area (Å²) in [5, 5.41) is 22.9. The highest BCUT2D eigenvalue weighted by molar-refractivity contribution is 14.0. The Labute approximate surface area is 175 Å². The van der Waals surface area contributed by atoms with Crippen LogP contribution in [0.5, 0.6) is 0 Å². The van der Waals surface area contributed by atoms with Gasteiger partial charge in [-0.2, -0.15) is 0 Å². The third-order valence-electron chi connectivity index (χ3n) is 3.83. The Bertz CT molecular complexity index is 883. The van der Waals surface area contributed by atoms with Crippen molar-refractivity contribution in [1.29, 1.82) is 0 Å². The molecule has 0 saturated heterocycles. The van der Waals surface area contributed by atoms with Crippen LogP contribution in [0.4, 0.5) is 0 Å². The van der Waals surface area contributed by atoms with E-state index in [1.807, 2.05) is 33.4 Å². The van der Waals surface area contributed by atoms with Gasteiger partial charge in [0.15, 0.2) is 17.4 Å². The number of guanidine groups is 1. The Morgan fingerprint density at radius 3 is 2.93 bits per heavy atom. The van der Waals surface area contributed by atoms with Crippen molar-refractivity contribution in [3.63, 3.8) is 0 Å². The van der Waals surface area contributed by atoms with Gasteiger partial charge in [0.1, 0.15) is 18.7 Å². The number of hydrogen-bond donors (Lipinski definition) is 2. The summed E-state index contributed by atoms with van der Waals surface area (Å²) in [6, 6.07) is 5.80. The highest BCUT2D eigenvalue weighted by atomic mass is 127. The molecule has 3 rings (SSSR count). The van der Waals surface area contributed by atoms with E-state index in [1.165, 1.54) is 0 Å². The number of fused-ring (bicyclic) bond motifs is 1. The topological polar surface area (TPSA) is 97.3 Å². The Morgan fingerprint density at radius 2 is 2.11 bits per heavy atom. The van der Waals surface area contributed by atoms with Crippen molar-refractivity contribution in [3.8, 4) is 0 Å². The zero-order valence-electron chi connectivity index (χ0n) is 15.2. The fourth-order valence-electron chi connectivity index (χ4n) is 2.53. The predicted molar refractivity (Wildman–Crippen MR) is 115 cm³/mol. The van der Waals surface area contributed by atoms with Crippen LogP contribution in [0.1, 0.15) is 18.6 Å². The molecule has 0 atom stereocenters. The summed E-state index contributed by atoms with van der Waals surface area (Å²) < 4.78 is 3.96. The number of hydrogen-bond acceptors (Lipinski definition) is 5. The number of pyridine rings is 1. The van der Waals surface area contributed by atoms with Crippen LogP contribution in [-0.2, 0) is 19.5 Å². The van der Waals surface area contributed by atoms with Crippen LogP contribution in [0.3, 0.4) is 0 Å². The zero-order valence-corrected chi connectivity index (χ0v) is 17.6. The van der Waals surface area contributed by atoms with E-state index in [9.17, 15) is 0 Å². The molecule has 144 valence electrons. The number of nitrogens with zero attached hydrogens (tertiary/aromatic N) is 7. The van der Waals surface area contributed by atoms with Crippen molar-refractivity contribution in [3.05, 3.63) is 55.0 Å². The monoisotopic (exact) mass is 481 g/mol. The van der Waals surface area contributed by atoms with Crippen LogP contribution in [0, 0.1) is 0 Å². The Hall–Kier alpha value is -2.50. The smallest absolute Gasteiger partial charge is 0.192 e. The van der Waals surface area contributed by atoms with Crippen LogP contribution in [0.15, 0.2) is 48.4 Å². The van der Waals surface area contributed by atoms with Crippen LogP contribution in [-0.4, -0.2) is 48.4 Å². The van der Waals surface area contributed by atoms with E-state index in [-0.39, 0.29) is 24.0 Å². The molecule has 3 aromatic rings. The van der Waals surface area contributed by atoms with Crippen molar-refractivity contribution in [2.24, 2.45) is 4.99 Å². The molecule has 3 heterocycles. The molecule has 27 heavy (non-hydrogen) atoms. The molecule has 0 aliphatic heterocycles. The maximum atomic E-state index is 4.60. The number of aromatic nitrogens is 6. The highest BCUT2D eigenvalue weighted by Crippen LogP contribution is 2.03. The Balaban J connectivity index is 0.00000261. The standard InChI is InChI=1S/C17H23N9.HI/c1-3-8-18-17(19-9-11-25-13-21-22-14(25)4-2)20-12-16-24-23-15-7-5-6-10-26(15)16;/h3,5-7,10,13H,1,4,8-9,11-12H2,2H3,(H2,18,19,20);1H. The SMILES string of the molecule is C=CCNC(=NCc1nnc2ccccn12)NCCn1cnnc1CC.I. The molecule has 0 aromatic carbocycles. The lowest BCUT2D eigenvalue weighted by atomic mass is 10.4. The number of aliphatic imine (C=N–C) groups is 1. The first-order valence-corrected chi connectivity index (χ1v) is 8.60. The molecule has 2 N–H and O–H groups in total. The maximum Gasteiger partial charge on any atom is 0.192 e. The van der Waals surface area contributed by atoms with Crippen molar-refractivity contribution >= 4 is 35.6 Å². The van der Waals surface area contributed by atoms with Crippen molar-refractivity contribution in [2.75, 3.05) is 13.1 Å². The number of aryl methyl sites for hydroxylation is 1. The van der Waals surface area contributed by atoms with Gasteiger partial charge in [0.25, 0.3) is 0 Å². The lowest BCUT2D eigenvalue weighted by molar-refractivity contribution is 0.633. The van der Waals surface area contributed by atoms with E-state index >= 15 is 0 Å². The van der Waals surface area contributed by atoms with E-state index in [0.717, 1.165) is 30.3 Å². The maximum absolute atomic E-state index is 4.60. The summed E-state index contributed by atoms with van der Waals surface area (Å²) in [5.74, 6) is 2.45. The van der Waals surface area contributed by atoms with E-state index < -0.39 is 0 Å². The van der Waals surface area contributed by atoms with Crippen LogP contribution in [0.25, 0.3) is 5.65 Å². The molecule has 0 aliphatic carbocycles. The normalized spacial score (nSPS) is 11.2. The van der Waals surface area contributed by atoms with Crippen LogP contribution >= 0.6 is 24.0 Å². The Morgan fingerprint density at radius 1 is 1.22 bits per heavy atom. The molecule has 9 nitrogen and oxygen atoms in total. The molecule has 0 amide bonds. The molecule has 0 bridgehead atoms. The molecule has 0 radical (unpaired) electrons. The predicted octanol–water partition coefficient (Wildman–Crippen LogP) is 1.42. The van der Waals surface area contributed by atoms with Gasteiger partial charge in [0.05, 0.1) is 0 Å². The largest absolute Gasteiger partial charge is 0.355 e. The minimum atomic E-state index is 0. The quantitative estimate of drug-likeness (QED) is 0.219. The third kappa shape index (κ3) is 5.49. The molecule has 0 spiro atoms. The summed E-state index contributed by atoms with van der Waals surface area (Å²) in [5.41, 5.74) is 0.811. The fraction of sp³-hybridized carbons (Fsp3) is 0.353. The summed E-state index contributed by atoms with van der Waals surface area (Å²) in [4.78, 5) is 4.60. The van der Waals surface area contributed by atoms with Gasteiger partial charge in [-0.25, -0.2) is 4.99 Å². The second-order valence-electron chi connectivity index (χ2n) is 5.60. The fourth-order valence-corrected chi connectivity index (χ4v) is 2.53. The molecule has 0 aliphatic rings. The summed E-state index contributed by atoms with van der Waals surface area (Å²) in [6.45, 7) is 8.31. The van der Waals surface area contributed by atoms with E-state index in [2.05, 4.69) is 49.5 Å². The van der Waals surface area contributed by atoms with Crippen molar-refractivity contribution < 1.29 is 0 Å². The van der Waals surface area contributed by atoms with E-state index in [4.69, 9.17) is 0 Å². The summed E-state index contributed by atoms with van der Waals surface area (Å²) in [6.07, 6.45) is 6.33. The minimum Gasteiger partial charge on any atom is -0.355 e. The van der Waals surface area contributed by atoms with Crippen molar-refractivity contribution in [1.82, 2.24) is 40.0 Å². The van der Waals surface area contributed by atoms with Gasteiger partial charge < -0.3 is 15.2 Å². The van der Waals surface area contributed by atoms with Gasteiger partial charge in [0, 0.05) is 32.3 Å². The third-order valence-corrected chi connectivity index (χ3v) is 3.83. The first kappa shape index (κ1) is 20.8. The van der Waals surface area contributed by atoms with Gasteiger partial charge in [-0.3, -0.25) is 4.40 Å². The van der Waals surface area contributed by atoms with Crippen LogP contribution in [0.2, 0.25) is 0 Å². The second kappa shape index (κ2) is 10.6. The summed E-state index contributed by atoms with van der Waals surface area (Å²) >= 11 is 0. The van der Waals surface area contributed by atoms with Gasteiger partial charge >= 0.3 is 0 Å². The van der Waals surface area contributed by atoms with Gasteiger partial charge in [-0.1, -0.05) is 19.1 Å². The van der Waals surface area contributed by atoms with Crippen molar-refractivity contribution in [2.45, 2.75) is 26.4 Å². The lowest BCUT2D eigenvalue weighted by Crippen LogP contribution is -2.39. The first-order valence-electron chi connectivity index (χ1n) is 8.60. The first-order chi connectivity index (χ1) is 12.8. The molecule has 0 unspecified atom stereocenters. The average molecular weight is 481 g/mol. The van der Waals surface area contributed by atoms with E-state index in [0.29, 0.717) is 25.6 Å². The zero-order chi connectivity index (χ0) is 18.2. The number of nitrogens with one attached hydrogen (secondary N) is 2. The second-order valence-corrected chi connectivity index (χ2v) is 5.60. The van der Waals surface area contributed by atoms with Crippen LogP contribution < -0.4 is 10.6 Å². The highest BCUT2D eigenvalue weighted by Gasteiger charge is 2.05. The summed E-state index contributed by atoms with van der Waals surface area (Å²) in [7, 11) is 0. The van der Waals surface area contributed by atoms with E-state index in [1.54, 1.807) is 12.4 Å². The number of halogens is 1. The molecular weight excluding hydrogens is 457 g/mol. The molecule has 10 heteroatoms. The molecular formula is C17H24IN9. The Kier molecular flexibility index (Phi) is 8.17.